The molecule has 2 aromatic heterocycles. The molecule has 31 heavy (non-hydrogen) atoms. The molecule has 0 atom stereocenters. The van der Waals surface area contributed by atoms with E-state index < -0.39 is 15.7 Å². The number of nitrogens with zero attached hydrogens (tertiary/aromatic N) is 2. The number of nitrogens with one attached hydrogen (secondary N) is 1. The number of hydrogen-bond acceptors (Lipinski definition) is 6. The molecule has 0 aliphatic rings. The average molecular weight is 454 g/mol. The number of sulfone groups is 1. The average Bonchev–Trinajstić information content (AvgIpc) is 3.07. The molecule has 9 heteroatoms. The summed E-state index contributed by atoms with van der Waals surface area (Å²) < 4.78 is 25.1. The number of para-hydroxylation sites is 1. The number of aryl methyl sites for hydroxylation is 1. The number of fused-ring (bicyclic) bond motifs is 1. The summed E-state index contributed by atoms with van der Waals surface area (Å²) in [5.41, 5.74) is 1.69. The van der Waals surface area contributed by atoms with Crippen molar-refractivity contribution in [3.05, 3.63) is 76.8 Å². The van der Waals surface area contributed by atoms with Crippen LogP contribution in [0.1, 0.15) is 5.56 Å². The second-order valence-electron chi connectivity index (χ2n) is 7.10. The molecule has 4 aromatic rings. The zero-order valence-corrected chi connectivity index (χ0v) is 18.5. The maximum Gasteiger partial charge on any atom is 0.262 e. The van der Waals surface area contributed by atoms with Crippen LogP contribution in [-0.4, -0.2) is 30.1 Å². The highest BCUT2D eigenvalue weighted by Crippen LogP contribution is 2.35. The lowest BCUT2D eigenvalue weighted by molar-refractivity contribution is -0.116. The molecule has 2 aromatic carbocycles. The summed E-state index contributed by atoms with van der Waals surface area (Å²) >= 11 is 1.43. The van der Waals surface area contributed by atoms with Crippen LogP contribution < -0.4 is 10.9 Å². The highest BCUT2D eigenvalue weighted by molar-refractivity contribution is 7.90. The number of hydrogen-bond donors (Lipinski definition) is 1. The number of rotatable bonds is 5. The fourth-order valence-corrected chi connectivity index (χ4v) is 5.36. The molecular weight excluding hydrogens is 434 g/mol. The first kappa shape index (κ1) is 21.0. The molecule has 0 bridgehead atoms. The van der Waals surface area contributed by atoms with Gasteiger partial charge >= 0.3 is 0 Å². The molecule has 0 unspecified atom stereocenters. The second-order valence-corrected chi connectivity index (χ2v) is 10.1. The van der Waals surface area contributed by atoms with Crippen molar-refractivity contribution >= 4 is 43.0 Å². The predicted molar refractivity (Wildman–Crippen MR) is 122 cm³/mol. The molecule has 2 heterocycles. The first-order chi connectivity index (χ1) is 14.8. The topological polar surface area (TPSA) is 98.1 Å². The van der Waals surface area contributed by atoms with Crippen molar-refractivity contribution in [2.24, 2.45) is 0 Å². The highest BCUT2D eigenvalue weighted by atomic mass is 32.2. The van der Waals surface area contributed by atoms with E-state index in [1.54, 1.807) is 12.1 Å². The zero-order chi connectivity index (χ0) is 22.2. The van der Waals surface area contributed by atoms with Crippen LogP contribution >= 0.6 is 11.3 Å². The third kappa shape index (κ3) is 4.14. The molecule has 1 N–H and O–H groups in total. The highest BCUT2D eigenvalue weighted by Gasteiger charge is 2.18. The van der Waals surface area contributed by atoms with Crippen LogP contribution in [0.5, 0.6) is 0 Å². The van der Waals surface area contributed by atoms with Crippen LogP contribution in [-0.2, 0) is 21.2 Å². The van der Waals surface area contributed by atoms with Crippen LogP contribution in [0.3, 0.4) is 0 Å². The van der Waals surface area contributed by atoms with Gasteiger partial charge in [-0.25, -0.2) is 13.4 Å². The van der Waals surface area contributed by atoms with Crippen molar-refractivity contribution < 1.29 is 13.2 Å². The van der Waals surface area contributed by atoms with Gasteiger partial charge in [0.25, 0.3) is 5.56 Å². The summed E-state index contributed by atoms with van der Waals surface area (Å²) in [4.78, 5) is 31.6. The summed E-state index contributed by atoms with van der Waals surface area (Å²) in [5.74, 6) is -0.518. The number of aromatic nitrogens is 2. The van der Waals surface area contributed by atoms with Crippen molar-refractivity contribution in [1.29, 1.82) is 0 Å². The number of anilines is 1. The Balaban J connectivity index is 1.66. The molecule has 0 saturated carbocycles. The fraction of sp³-hybridized carbons (Fsp3) is 0.136. The summed E-state index contributed by atoms with van der Waals surface area (Å²) in [5, 5.41) is 3.07. The zero-order valence-electron chi connectivity index (χ0n) is 16.8. The molecule has 7 nitrogen and oxygen atoms in total. The Morgan fingerprint density at radius 2 is 1.77 bits per heavy atom. The summed E-state index contributed by atoms with van der Waals surface area (Å²) in [6, 6.07) is 15.9. The smallest absolute Gasteiger partial charge is 0.262 e. The first-order valence-corrected chi connectivity index (χ1v) is 12.1. The SMILES string of the molecule is Cc1c(-c2ccccc2)sc2ncn(CC(=O)Nc3ccccc3S(C)(=O)=O)c(=O)c12. The van der Waals surface area contributed by atoms with Gasteiger partial charge in [-0.2, -0.15) is 0 Å². The predicted octanol–water partition coefficient (Wildman–Crippen LogP) is 3.48. The summed E-state index contributed by atoms with van der Waals surface area (Å²) in [6.45, 7) is 1.59. The molecule has 0 fully saturated rings. The van der Waals surface area contributed by atoms with Crippen LogP contribution in [0.25, 0.3) is 20.7 Å². The van der Waals surface area contributed by atoms with Crippen LogP contribution in [0.15, 0.2) is 70.6 Å². The van der Waals surface area contributed by atoms with Gasteiger partial charge in [-0.15, -0.1) is 11.3 Å². The van der Waals surface area contributed by atoms with Crippen LogP contribution in [0.4, 0.5) is 5.69 Å². The van der Waals surface area contributed by atoms with E-state index in [2.05, 4.69) is 10.3 Å². The van der Waals surface area contributed by atoms with Crippen molar-refractivity contribution in [2.45, 2.75) is 18.4 Å². The number of amides is 1. The monoisotopic (exact) mass is 453 g/mol. The van der Waals surface area contributed by atoms with Gasteiger partial charge in [0.05, 0.1) is 22.3 Å². The lowest BCUT2D eigenvalue weighted by atomic mass is 10.1. The van der Waals surface area contributed by atoms with Crippen LogP contribution in [0, 0.1) is 6.92 Å². The standard InChI is InChI=1S/C22H19N3O4S2/c1-14-19-21(30-20(14)15-8-4-3-5-9-15)23-13-25(22(19)27)12-18(26)24-16-10-6-7-11-17(16)31(2,28)29/h3-11,13H,12H2,1-2H3,(H,24,26). The molecule has 0 aliphatic carbocycles. The molecule has 158 valence electrons. The Kier molecular flexibility index (Phi) is 5.47. The van der Waals surface area contributed by atoms with Gasteiger partial charge in [-0.1, -0.05) is 42.5 Å². The minimum Gasteiger partial charge on any atom is -0.323 e. The third-order valence-corrected chi connectivity index (χ3v) is 7.23. The number of benzene rings is 2. The van der Waals surface area contributed by atoms with E-state index >= 15 is 0 Å². The second kappa shape index (κ2) is 8.09. The molecule has 4 rings (SSSR count). The quantitative estimate of drug-likeness (QED) is 0.499. The normalized spacial score (nSPS) is 11.5. The van der Waals surface area contributed by atoms with Crippen molar-refractivity contribution in [3.8, 4) is 10.4 Å². The summed E-state index contributed by atoms with van der Waals surface area (Å²) in [7, 11) is -3.51. The lowest BCUT2D eigenvalue weighted by Crippen LogP contribution is -2.28. The maximum absolute atomic E-state index is 13.1. The number of carbonyl (C=O) groups excluding carboxylic acids is 1. The minimum atomic E-state index is -3.51. The first-order valence-electron chi connectivity index (χ1n) is 9.38. The molecule has 0 saturated heterocycles. The van der Waals surface area contributed by atoms with Gasteiger partial charge in [0.1, 0.15) is 11.4 Å². The number of thiophene rings is 1. The van der Waals surface area contributed by atoms with E-state index in [1.165, 1.54) is 34.4 Å². The molecule has 0 radical (unpaired) electrons. The Hall–Kier alpha value is -3.30. The Morgan fingerprint density at radius 3 is 2.48 bits per heavy atom. The van der Waals surface area contributed by atoms with Gasteiger partial charge in [0.15, 0.2) is 9.84 Å². The van der Waals surface area contributed by atoms with E-state index in [4.69, 9.17) is 0 Å². The van der Waals surface area contributed by atoms with Crippen LogP contribution in [0.2, 0.25) is 0 Å². The molecule has 0 spiro atoms. The molecular formula is C22H19N3O4S2. The van der Waals surface area contributed by atoms with E-state index in [-0.39, 0.29) is 22.7 Å². The van der Waals surface area contributed by atoms with E-state index in [0.717, 1.165) is 22.3 Å². The van der Waals surface area contributed by atoms with Crippen molar-refractivity contribution in [2.75, 3.05) is 11.6 Å². The summed E-state index contributed by atoms with van der Waals surface area (Å²) in [6.07, 6.45) is 2.42. The van der Waals surface area contributed by atoms with Crippen molar-refractivity contribution in [1.82, 2.24) is 9.55 Å². The fourth-order valence-electron chi connectivity index (χ4n) is 3.37. The third-order valence-electron chi connectivity index (χ3n) is 4.83. The molecule has 1 amide bonds. The largest absolute Gasteiger partial charge is 0.323 e. The van der Waals surface area contributed by atoms with Crippen molar-refractivity contribution in [3.63, 3.8) is 0 Å². The lowest BCUT2D eigenvalue weighted by Gasteiger charge is -2.10. The Bertz CT molecular complexity index is 1460. The van der Waals surface area contributed by atoms with Gasteiger partial charge in [-0.05, 0) is 30.2 Å². The van der Waals surface area contributed by atoms with Gasteiger partial charge in [0.2, 0.25) is 5.91 Å². The van der Waals surface area contributed by atoms with Gasteiger partial charge < -0.3 is 5.32 Å². The van der Waals surface area contributed by atoms with Gasteiger partial charge in [-0.3, -0.25) is 14.2 Å². The number of carbonyl (C=O) groups is 1. The Morgan fingerprint density at radius 1 is 1.10 bits per heavy atom. The van der Waals surface area contributed by atoms with E-state index in [9.17, 15) is 18.0 Å². The van der Waals surface area contributed by atoms with Gasteiger partial charge in [0, 0.05) is 11.1 Å². The minimum absolute atomic E-state index is 0.0189. The maximum atomic E-state index is 13.1. The van der Waals surface area contributed by atoms with E-state index in [1.807, 2.05) is 37.3 Å². The van der Waals surface area contributed by atoms with E-state index in [0.29, 0.717) is 10.2 Å². The Labute approximate surface area is 182 Å². The molecule has 0 aliphatic heterocycles.